The maximum Gasteiger partial charge on any atom is 0.433 e. The number of nitrogens with zero attached hydrogens (tertiary/aromatic N) is 5. The van der Waals surface area contributed by atoms with E-state index in [4.69, 9.17) is 0 Å². The van der Waals surface area contributed by atoms with Crippen molar-refractivity contribution in [2.24, 2.45) is 5.92 Å². The van der Waals surface area contributed by atoms with Crippen molar-refractivity contribution in [2.75, 3.05) is 13.1 Å². The fourth-order valence-electron chi connectivity index (χ4n) is 4.15. The molecule has 0 N–H and O–H groups in total. The van der Waals surface area contributed by atoms with Gasteiger partial charge in [-0.15, -0.1) is 0 Å². The van der Waals surface area contributed by atoms with Gasteiger partial charge in [0.1, 0.15) is 23.7 Å². The summed E-state index contributed by atoms with van der Waals surface area (Å²) in [6, 6.07) is 0.286. The molecule has 0 spiro atoms. The van der Waals surface area contributed by atoms with Crippen molar-refractivity contribution in [3.05, 3.63) is 45.9 Å². The van der Waals surface area contributed by atoms with E-state index in [-0.39, 0.29) is 37.4 Å². The summed E-state index contributed by atoms with van der Waals surface area (Å²) in [4.78, 5) is 30.2. The third-order valence-electron chi connectivity index (χ3n) is 5.83. The molecule has 33 heavy (non-hydrogen) atoms. The van der Waals surface area contributed by atoms with Crippen LogP contribution in [0.25, 0.3) is 0 Å². The van der Waals surface area contributed by atoms with Crippen molar-refractivity contribution in [3.63, 3.8) is 0 Å². The van der Waals surface area contributed by atoms with E-state index in [9.17, 15) is 40.3 Å². The van der Waals surface area contributed by atoms with Gasteiger partial charge in [-0.25, -0.2) is 13.9 Å². The Morgan fingerprint density at radius 2 is 1.88 bits per heavy atom. The zero-order valence-corrected chi connectivity index (χ0v) is 16.9. The average Bonchev–Trinajstić information content (AvgIpc) is 3.29. The number of fused-ring (bicyclic) bond motifs is 1. The summed E-state index contributed by atoms with van der Waals surface area (Å²) >= 11 is 0. The number of alkyl halides is 7. The monoisotopic (exact) mass is 481 g/mol. The molecule has 1 fully saturated rings. The van der Waals surface area contributed by atoms with E-state index in [0.717, 1.165) is 26.4 Å². The molecule has 2 aromatic heterocycles. The van der Waals surface area contributed by atoms with Crippen molar-refractivity contribution in [1.29, 1.82) is 0 Å². The first-order valence-corrected chi connectivity index (χ1v) is 10.0. The summed E-state index contributed by atoms with van der Waals surface area (Å²) < 4.78 is 93.8. The largest absolute Gasteiger partial charge is 0.433 e. The molecule has 3 unspecified atom stereocenters. The molecule has 4 rings (SSSR count). The summed E-state index contributed by atoms with van der Waals surface area (Å²) in [5.74, 6) is -2.98. The maximum atomic E-state index is 13.6. The van der Waals surface area contributed by atoms with Crippen LogP contribution < -0.4 is 5.69 Å². The lowest BCUT2D eigenvalue weighted by atomic mass is 9.91. The molecule has 14 heteroatoms. The highest BCUT2D eigenvalue weighted by Crippen LogP contribution is 2.39. The van der Waals surface area contributed by atoms with Gasteiger partial charge in [-0.3, -0.25) is 14.3 Å². The molecule has 2 aliphatic heterocycles. The molecule has 3 atom stereocenters. The molecule has 2 aliphatic rings. The van der Waals surface area contributed by atoms with Crippen LogP contribution in [-0.4, -0.2) is 55.6 Å². The number of pyridine rings is 1. The minimum atomic E-state index is -4.66. The summed E-state index contributed by atoms with van der Waals surface area (Å²) in [5.41, 5.74) is -1.85. The molecule has 0 aliphatic carbocycles. The average molecular weight is 481 g/mol. The first kappa shape index (κ1) is 23.2. The van der Waals surface area contributed by atoms with Crippen LogP contribution in [0.15, 0.2) is 23.1 Å². The Morgan fingerprint density at radius 1 is 1.15 bits per heavy atom. The topological polar surface area (TPSA) is 73.0 Å². The Hall–Kier alpha value is -2.93. The van der Waals surface area contributed by atoms with Gasteiger partial charge in [0.15, 0.2) is 0 Å². The van der Waals surface area contributed by atoms with Gasteiger partial charge in [0.25, 0.3) is 0 Å². The summed E-state index contributed by atoms with van der Waals surface area (Å²) in [6.45, 7) is -0.581. The molecule has 7 nitrogen and oxygen atoms in total. The molecule has 0 radical (unpaired) electrons. The van der Waals surface area contributed by atoms with Crippen molar-refractivity contribution in [2.45, 2.75) is 50.4 Å². The predicted octanol–water partition coefficient (Wildman–Crippen LogP) is 2.74. The number of carbonyl (C=O) groups is 1. The van der Waals surface area contributed by atoms with Gasteiger partial charge in [0, 0.05) is 19.2 Å². The van der Waals surface area contributed by atoms with Crippen LogP contribution in [0.4, 0.5) is 30.7 Å². The normalized spacial score (nSPS) is 23.6. The Bertz CT molecular complexity index is 1090. The molecule has 2 aromatic rings. The molecule has 0 bridgehead atoms. The van der Waals surface area contributed by atoms with Crippen LogP contribution in [0.2, 0.25) is 0 Å². The standard InChI is InChI=1S/C19H18F7N5O2/c20-12-3-4-29(9-12)16(32)13-5-11(18(21,22)23)6-15-28-30(17(33)31(13)15)8-10-1-2-14(27-7-10)19(24,25)26/h1-2,7,11-13H,3-6,8-9H2. The Labute approximate surface area is 181 Å². The van der Waals surface area contributed by atoms with Crippen LogP contribution in [0, 0.1) is 5.92 Å². The minimum absolute atomic E-state index is 0.0304. The zero-order chi connectivity index (χ0) is 24.1. The van der Waals surface area contributed by atoms with Crippen molar-refractivity contribution in [1.82, 2.24) is 24.2 Å². The maximum absolute atomic E-state index is 13.6. The van der Waals surface area contributed by atoms with Crippen molar-refractivity contribution < 1.29 is 35.5 Å². The van der Waals surface area contributed by atoms with Crippen molar-refractivity contribution >= 4 is 5.91 Å². The third-order valence-corrected chi connectivity index (χ3v) is 5.83. The van der Waals surface area contributed by atoms with E-state index in [0.29, 0.717) is 6.07 Å². The highest BCUT2D eigenvalue weighted by molar-refractivity contribution is 5.81. The van der Waals surface area contributed by atoms with E-state index in [1.807, 2.05) is 0 Å². The number of amides is 1. The van der Waals surface area contributed by atoms with Crippen molar-refractivity contribution in [3.8, 4) is 0 Å². The first-order valence-electron chi connectivity index (χ1n) is 10.0. The Morgan fingerprint density at radius 3 is 2.42 bits per heavy atom. The summed E-state index contributed by atoms with van der Waals surface area (Å²) in [5, 5.41) is 3.93. The Balaban J connectivity index is 1.66. The van der Waals surface area contributed by atoms with Gasteiger partial charge >= 0.3 is 18.0 Å². The quantitative estimate of drug-likeness (QED) is 0.633. The van der Waals surface area contributed by atoms with E-state index in [1.165, 1.54) is 0 Å². The van der Waals surface area contributed by atoms with Crippen LogP contribution in [0.1, 0.15) is 36.0 Å². The van der Waals surface area contributed by atoms with E-state index < -0.39 is 60.6 Å². The summed E-state index contributed by atoms with van der Waals surface area (Å²) in [6.07, 6.45) is -11.0. The van der Waals surface area contributed by atoms with E-state index in [1.54, 1.807) is 0 Å². The molecular weight excluding hydrogens is 463 g/mol. The molecule has 0 saturated carbocycles. The SMILES string of the molecule is O=C(C1CC(C(F)(F)F)Cc2nn(Cc3ccc(C(F)(F)F)nc3)c(=O)n21)N1CCC(F)C1. The first-order chi connectivity index (χ1) is 15.3. The lowest BCUT2D eigenvalue weighted by Gasteiger charge is -2.32. The van der Waals surface area contributed by atoms with Gasteiger partial charge < -0.3 is 4.90 Å². The van der Waals surface area contributed by atoms with Crippen LogP contribution >= 0.6 is 0 Å². The Kier molecular flexibility index (Phi) is 5.73. The second-order valence-corrected chi connectivity index (χ2v) is 8.14. The van der Waals surface area contributed by atoms with E-state index >= 15 is 0 Å². The second kappa shape index (κ2) is 8.13. The van der Waals surface area contributed by atoms with Gasteiger partial charge in [0.05, 0.1) is 19.0 Å². The zero-order valence-electron chi connectivity index (χ0n) is 16.9. The fraction of sp³-hybridized carbons (Fsp3) is 0.579. The number of likely N-dealkylation sites (tertiary alicyclic amines) is 1. The lowest BCUT2D eigenvalue weighted by Crippen LogP contribution is -2.45. The highest BCUT2D eigenvalue weighted by Gasteiger charge is 2.48. The summed E-state index contributed by atoms with van der Waals surface area (Å²) in [7, 11) is 0. The minimum Gasteiger partial charge on any atom is -0.338 e. The van der Waals surface area contributed by atoms with Crippen LogP contribution in [0.3, 0.4) is 0 Å². The fourth-order valence-corrected chi connectivity index (χ4v) is 4.15. The molecule has 1 amide bonds. The van der Waals surface area contributed by atoms with Gasteiger partial charge in [-0.05, 0) is 24.5 Å². The number of hydrogen-bond acceptors (Lipinski definition) is 4. The van der Waals surface area contributed by atoms with Crippen LogP contribution in [0.5, 0.6) is 0 Å². The number of rotatable bonds is 3. The number of hydrogen-bond donors (Lipinski definition) is 0. The lowest BCUT2D eigenvalue weighted by molar-refractivity contribution is -0.183. The highest BCUT2D eigenvalue weighted by atomic mass is 19.4. The molecule has 0 aromatic carbocycles. The number of aromatic nitrogens is 4. The number of carbonyl (C=O) groups excluding carboxylic acids is 1. The van der Waals surface area contributed by atoms with Gasteiger partial charge in [0.2, 0.25) is 5.91 Å². The second-order valence-electron chi connectivity index (χ2n) is 8.14. The molecule has 1 saturated heterocycles. The predicted molar refractivity (Wildman–Crippen MR) is 97.8 cm³/mol. The van der Waals surface area contributed by atoms with Gasteiger partial charge in [-0.2, -0.15) is 31.4 Å². The van der Waals surface area contributed by atoms with Gasteiger partial charge in [-0.1, -0.05) is 6.07 Å². The van der Waals surface area contributed by atoms with Crippen LogP contribution in [-0.2, 0) is 23.9 Å². The smallest absolute Gasteiger partial charge is 0.338 e. The van der Waals surface area contributed by atoms with E-state index in [2.05, 4.69) is 10.1 Å². The molecule has 4 heterocycles. The third kappa shape index (κ3) is 4.60. The molecular formula is C19H18F7N5O2. The molecule has 180 valence electrons. The number of halogens is 7.